The Hall–Kier alpha value is -3.26. The maximum atomic E-state index is 12.7. The highest BCUT2D eigenvalue weighted by atomic mass is 32.2. The molecule has 31 heavy (non-hydrogen) atoms. The van der Waals surface area contributed by atoms with Crippen LogP contribution in [0.25, 0.3) is 5.65 Å². The standard InChI is InChI=1S/C21H21N5O2S.C2H6/c1-15-11-17(3-4-19(15)29(28)14-18-6-8-25(2)24-18)21(27)23-13-16-5-9-26-10-7-22-20(26)12-16;1-2/h3-12H,13-14H2,1-2H3,(H,23,27);1-2H3. The molecule has 4 rings (SSSR count). The summed E-state index contributed by atoms with van der Waals surface area (Å²) in [6.45, 7) is 6.28. The Morgan fingerprint density at radius 3 is 2.61 bits per heavy atom. The summed E-state index contributed by atoms with van der Waals surface area (Å²) < 4.78 is 16.3. The van der Waals surface area contributed by atoms with Crippen molar-refractivity contribution in [3.63, 3.8) is 0 Å². The number of rotatable bonds is 6. The fourth-order valence-corrected chi connectivity index (χ4v) is 4.36. The number of nitrogens with one attached hydrogen (secondary N) is 1. The molecule has 7 nitrogen and oxygen atoms in total. The van der Waals surface area contributed by atoms with Crippen LogP contribution in [-0.2, 0) is 30.1 Å². The van der Waals surface area contributed by atoms with Crippen LogP contribution in [-0.4, -0.2) is 29.3 Å². The first-order valence-corrected chi connectivity index (χ1v) is 11.5. The Morgan fingerprint density at radius 2 is 1.90 bits per heavy atom. The molecule has 0 saturated carbocycles. The van der Waals surface area contributed by atoms with E-state index in [1.54, 1.807) is 29.1 Å². The van der Waals surface area contributed by atoms with Crippen LogP contribution >= 0.6 is 0 Å². The molecule has 162 valence electrons. The zero-order valence-electron chi connectivity index (χ0n) is 18.2. The van der Waals surface area contributed by atoms with E-state index in [9.17, 15) is 9.00 Å². The average Bonchev–Trinajstić information content (AvgIpc) is 3.41. The average molecular weight is 438 g/mol. The summed E-state index contributed by atoms with van der Waals surface area (Å²) in [6.07, 6.45) is 7.36. The van der Waals surface area contributed by atoms with Crippen molar-refractivity contribution in [1.29, 1.82) is 0 Å². The van der Waals surface area contributed by atoms with Crippen LogP contribution in [0.2, 0.25) is 0 Å². The summed E-state index contributed by atoms with van der Waals surface area (Å²) >= 11 is 0. The van der Waals surface area contributed by atoms with Gasteiger partial charge in [0.15, 0.2) is 0 Å². The minimum atomic E-state index is -1.21. The van der Waals surface area contributed by atoms with Crippen molar-refractivity contribution in [2.45, 2.75) is 38.0 Å². The Kier molecular flexibility index (Phi) is 7.36. The zero-order chi connectivity index (χ0) is 22.4. The van der Waals surface area contributed by atoms with Crippen LogP contribution in [0.15, 0.2) is 66.1 Å². The lowest BCUT2D eigenvalue weighted by Crippen LogP contribution is -2.23. The maximum Gasteiger partial charge on any atom is 0.251 e. The number of carbonyl (C=O) groups is 1. The zero-order valence-corrected chi connectivity index (χ0v) is 19.0. The summed E-state index contributed by atoms with van der Waals surface area (Å²) in [6, 6.07) is 11.0. The van der Waals surface area contributed by atoms with Crippen molar-refractivity contribution in [2.24, 2.45) is 7.05 Å². The van der Waals surface area contributed by atoms with E-state index in [1.165, 1.54) is 0 Å². The monoisotopic (exact) mass is 437 g/mol. The molecule has 1 N–H and O–H groups in total. The lowest BCUT2D eigenvalue weighted by molar-refractivity contribution is 0.0950. The number of pyridine rings is 1. The number of imidazole rings is 1. The molecule has 1 amide bonds. The second kappa shape index (κ2) is 10.2. The predicted molar refractivity (Wildman–Crippen MR) is 122 cm³/mol. The van der Waals surface area contributed by atoms with Crippen LogP contribution in [0, 0.1) is 6.92 Å². The van der Waals surface area contributed by atoms with E-state index >= 15 is 0 Å². The molecule has 0 saturated heterocycles. The number of aryl methyl sites for hydroxylation is 2. The van der Waals surface area contributed by atoms with Crippen molar-refractivity contribution in [2.75, 3.05) is 0 Å². The third-order valence-electron chi connectivity index (χ3n) is 4.65. The van der Waals surface area contributed by atoms with Crippen molar-refractivity contribution < 1.29 is 9.00 Å². The van der Waals surface area contributed by atoms with Gasteiger partial charge in [-0.2, -0.15) is 5.10 Å². The smallest absolute Gasteiger partial charge is 0.251 e. The van der Waals surface area contributed by atoms with Gasteiger partial charge in [-0.15, -0.1) is 0 Å². The molecule has 0 bridgehead atoms. The van der Waals surface area contributed by atoms with Gasteiger partial charge in [-0.1, -0.05) is 13.8 Å². The molecule has 0 aliphatic heterocycles. The van der Waals surface area contributed by atoms with Gasteiger partial charge in [-0.3, -0.25) is 13.7 Å². The number of aromatic nitrogens is 4. The number of amides is 1. The molecule has 0 spiro atoms. The number of hydrogen-bond donors (Lipinski definition) is 1. The van der Waals surface area contributed by atoms with E-state index in [-0.39, 0.29) is 5.91 Å². The Balaban J connectivity index is 0.00000132. The summed E-state index contributed by atoms with van der Waals surface area (Å²) in [4.78, 5) is 17.5. The second-order valence-corrected chi connectivity index (χ2v) is 8.28. The normalized spacial score (nSPS) is 11.6. The molecule has 1 aromatic carbocycles. The second-order valence-electron chi connectivity index (χ2n) is 6.86. The van der Waals surface area contributed by atoms with Gasteiger partial charge in [0, 0.05) is 48.8 Å². The van der Waals surface area contributed by atoms with E-state index in [0.29, 0.717) is 17.9 Å². The van der Waals surface area contributed by atoms with Crippen LogP contribution in [0.1, 0.15) is 41.0 Å². The van der Waals surface area contributed by atoms with Crippen LogP contribution in [0.4, 0.5) is 0 Å². The van der Waals surface area contributed by atoms with E-state index in [2.05, 4.69) is 15.4 Å². The molecule has 3 heterocycles. The number of nitrogens with zero attached hydrogens (tertiary/aromatic N) is 4. The number of carbonyl (C=O) groups excluding carboxylic acids is 1. The molecule has 3 aromatic heterocycles. The third kappa shape index (κ3) is 5.46. The number of benzene rings is 1. The molecule has 0 fully saturated rings. The molecule has 1 atom stereocenters. The van der Waals surface area contributed by atoms with Gasteiger partial charge in [0.2, 0.25) is 0 Å². The van der Waals surface area contributed by atoms with Crippen molar-refractivity contribution in [3.8, 4) is 0 Å². The molecule has 4 aromatic rings. The summed E-state index contributed by atoms with van der Waals surface area (Å²) in [5.41, 5.74) is 3.96. The molecular formula is C23H27N5O2S. The van der Waals surface area contributed by atoms with Crippen molar-refractivity contribution >= 4 is 22.4 Å². The van der Waals surface area contributed by atoms with Crippen LogP contribution < -0.4 is 5.32 Å². The molecule has 8 heteroatoms. The molecule has 0 aliphatic rings. The first-order chi connectivity index (χ1) is 15.0. The first kappa shape index (κ1) is 22.4. The summed E-state index contributed by atoms with van der Waals surface area (Å²) in [5, 5.41) is 7.20. The minimum absolute atomic E-state index is 0.168. The van der Waals surface area contributed by atoms with E-state index in [4.69, 9.17) is 0 Å². The minimum Gasteiger partial charge on any atom is -0.348 e. The van der Waals surface area contributed by atoms with Gasteiger partial charge >= 0.3 is 0 Å². The summed E-state index contributed by atoms with van der Waals surface area (Å²) in [5.74, 6) is 0.182. The number of hydrogen-bond acceptors (Lipinski definition) is 4. The SMILES string of the molecule is CC.Cc1cc(C(=O)NCc2ccn3ccnc3c2)ccc1S(=O)Cc1ccn(C)n1. The van der Waals surface area contributed by atoms with Gasteiger partial charge in [-0.05, 0) is 54.4 Å². The lowest BCUT2D eigenvalue weighted by Gasteiger charge is -2.09. The van der Waals surface area contributed by atoms with Gasteiger partial charge in [0.1, 0.15) is 5.65 Å². The molecule has 0 radical (unpaired) electrons. The van der Waals surface area contributed by atoms with Gasteiger partial charge in [-0.25, -0.2) is 4.98 Å². The first-order valence-electron chi connectivity index (χ1n) is 10.2. The van der Waals surface area contributed by atoms with Crippen molar-refractivity contribution in [1.82, 2.24) is 24.5 Å². The van der Waals surface area contributed by atoms with Crippen molar-refractivity contribution in [3.05, 3.63) is 83.6 Å². The largest absolute Gasteiger partial charge is 0.348 e. The molecular weight excluding hydrogens is 410 g/mol. The maximum absolute atomic E-state index is 12.7. The van der Waals surface area contributed by atoms with Gasteiger partial charge < -0.3 is 9.72 Å². The highest BCUT2D eigenvalue weighted by Gasteiger charge is 2.13. The molecule has 1 unspecified atom stereocenters. The van der Waals surface area contributed by atoms with E-state index < -0.39 is 10.8 Å². The lowest BCUT2D eigenvalue weighted by atomic mass is 10.1. The Bertz CT molecular complexity index is 1210. The van der Waals surface area contributed by atoms with E-state index in [0.717, 1.165) is 27.4 Å². The van der Waals surface area contributed by atoms with Crippen LogP contribution in [0.5, 0.6) is 0 Å². The Labute approximate surface area is 184 Å². The fourth-order valence-electron chi connectivity index (χ4n) is 3.15. The van der Waals surface area contributed by atoms with Gasteiger partial charge in [0.25, 0.3) is 5.91 Å². The van der Waals surface area contributed by atoms with Crippen LogP contribution in [0.3, 0.4) is 0 Å². The molecule has 0 aliphatic carbocycles. The highest BCUT2D eigenvalue weighted by Crippen LogP contribution is 2.18. The fraction of sp³-hybridized carbons (Fsp3) is 0.261. The topological polar surface area (TPSA) is 81.3 Å². The number of fused-ring (bicyclic) bond motifs is 1. The quantitative estimate of drug-likeness (QED) is 0.499. The van der Waals surface area contributed by atoms with Gasteiger partial charge in [0.05, 0.1) is 22.2 Å². The summed E-state index contributed by atoms with van der Waals surface area (Å²) in [7, 11) is 0.618. The third-order valence-corrected chi connectivity index (χ3v) is 6.15. The highest BCUT2D eigenvalue weighted by molar-refractivity contribution is 7.84. The predicted octanol–water partition coefficient (Wildman–Crippen LogP) is 3.64. The van der Waals surface area contributed by atoms with E-state index in [1.807, 2.05) is 69.0 Å². The Morgan fingerprint density at radius 1 is 1.10 bits per heavy atom.